The van der Waals surface area contributed by atoms with Crippen molar-refractivity contribution in [3.05, 3.63) is 35.4 Å². The van der Waals surface area contributed by atoms with Crippen LogP contribution in [0.25, 0.3) is 0 Å². The van der Waals surface area contributed by atoms with Gasteiger partial charge >= 0.3 is 6.18 Å². The van der Waals surface area contributed by atoms with Gasteiger partial charge in [-0.15, -0.1) is 0 Å². The zero-order valence-electron chi connectivity index (χ0n) is 10.8. The van der Waals surface area contributed by atoms with Crippen molar-refractivity contribution in [2.45, 2.75) is 32.6 Å². The number of nitrogens with two attached hydrogens (primary N) is 1. The number of carbonyl (C=O) groups is 1. The summed E-state index contributed by atoms with van der Waals surface area (Å²) in [5.74, 6) is -0.395. The van der Waals surface area contributed by atoms with Gasteiger partial charge in [0.05, 0.1) is 11.6 Å². The average Bonchev–Trinajstić information content (AvgIpc) is 2.34. The van der Waals surface area contributed by atoms with Crippen LogP contribution in [0.5, 0.6) is 0 Å². The molecule has 1 amide bonds. The first-order valence-corrected chi connectivity index (χ1v) is 5.91. The number of halogens is 3. The van der Waals surface area contributed by atoms with Crippen molar-refractivity contribution in [2.24, 2.45) is 11.7 Å². The predicted molar refractivity (Wildman–Crippen MR) is 66.1 cm³/mol. The lowest BCUT2D eigenvalue weighted by atomic mass is 10.0. The third-order valence-electron chi connectivity index (χ3n) is 2.74. The quantitative estimate of drug-likeness (QED) is 0.885. The second kappa shape index (κ2) is 6.06. The van der Waals surface area contributed by atoms with Crippen LogP contribution in [0.2, 0.25) is 0 Å². The highest BCUT2D eigenvalue weighted by atomic mass is 19.4. The summed E-state index contributed by atoms with van der Waals surface area (Å²) >= 11 is 0. The molecular formula is C13H17F3N2O. The van der Waals surface area contributed by atoms with Gasteiger partial charge in [0.25, 0.3) is 0 Å². The molecule has 0 aliphatic carbocycles. The Labute approximate surface area is 110 Å². The monoisotopic (exact) mass is 274 g/mol. The number of amides is 1. The van der Waals surface area contributed by atoms with E-state index in [-0.39, 0.29) is 18.4 Å². The Balaban J connectivity index is 2.66. The fourth-order valence-electron chi connectivity index (χ4n) is 1.47. The molecule has 0 heterocycles. The summed E-state index contributed by atoms with van der Waals surface area (Å²) < 4.78 is 37.5. The van der Waals surface area contributed by atoms with Gasteiger partial charge in [-0.3, -0.25) is 4.79 Å². The minimum Gasteiger partial charge on any atom is -0.351 e. The highest BCUT2D eigenvalue weighted by Gasteiger charge is 2.30. The maximum atomic E-state index is 12.5. The Morgan fingerprint density at radius 1 is 1.37 bits per heavy atom. The van der Waals surface area contributed by atoms with Gasteiger partial charge < -0.3 is 11.1 Å². The highest BCUT2D eigenvalue weighted by molar-refractivity contribution is 5.81. The fraction of sp³-hybridized carbons (Fsp3) is 0.462. The number of carbonyl (C=O) groups excluding carboxylic acids is 1. The second-order valence-corrected chi connectivity index (χ2v) is 4.69. The third kappa shape index (κ3) is 4.55. The molecule has 0 fully saturated rings. The van der Waals surface area contributed by atoms with Crippen molar-refractivity contribution in [3.63, 3.8) is 0 Å². The molecule has 1 aromatic rings. The van der Waals surface area contributed by atoms with Crippen LogP contribution in [0, 0.1) is 5.92 Å². The van der Waals surface area contributed by atoms with E-state index < -0.39 is 17.8 Å². The van der Waals surface area contributed by atoms with E-state index in [4.69, 9.17) is 5.73 Å². The molecule has 1 unspecified atom stereocenters. The Kier molecular flexibility index (Phi) is 4.94. The van der Waals surface area contributed by atoms with Gasteiger partial charge in [-0.1, -0.05) is 26.0 Å². The molecule has 1 atom stereocenters. The lowest BCUT2D eigenvalue weighted by Crippen LogP contribution is -2.43. The van der Waals surface area contributed by atoms with Gasteiger partial charge in [-0.05, 0) is 23.6 Å². The van der Waals surface area contributed by atoms with Crippen molar-refractivity contribution in [1.29, 1.82) is 0 Å². The van der Waals surface area contributed by atoms with Crippen molar-refractivity contribution in [2.75, 3.05) is 0 Å². The van der Waals surface area contributed by atoms with E-state index in [1.807, 2.05) is 0 Å². The van der Waals surface area contributed by atoms with E-state index in [0.29, 0.717) is 5.56 Å². The first-order valence-electron chi connectivity index (χ1n) is 5.91. The number of alkyl halides is 3. The van der Waals surface area contributed by atoms with E-state index >= 15 is 0 Å². The van der Waals surface area contributed by atoms with Crippen molar-refractivity contribution >= 4 is 5.91 Å². The molecule has 0 aliphatic heterocycles. The summed E-state index contributed by atoms with van der Waals surface area (Å²) in [5, 5.41) is 2.53. The SMILES string of the molecule is CC(C)C(N)C(=O)NCc1cccc(C(F)(F)F)c1. The highest BCUT2D eigenvalue weighted by Crippen LogP contribution is 2.29. The molecule has 6 heteroatoms. The predicted octanol–water partition coefficient (Wildman–Crippen LogP) is 2.30. The summed E-state index contributed by atoms with van der Waals surface area (Å²) in [6, 6.07) is 4.18. The van der Waals surface area contributed by atoms with Gasteiger partial charge in [0.1, 0.15) is 0 Å². The van der Waals surface area contributed by atoms with Crippen LogP contribution in [-0.2, 0) is 17.5 Å². The van der Waals surface area contributed by atoms with Gasteiger partial charge in [-0.2, -0.15) is 13.2 Å². The summed E-state index contributed by atoms with van der Waals surface area (Å²) in [7, 11) is 0. The van der Waals surface area contributed by atoms with Gasteiger partial charge in [0.15, 0.2) is 0 Å². The van der Waals surface area contributed by atoms with Crippen LogP contribution in [0.1, 0.15) is 25.0 Å². The first kappa shape index (κ1) is 15.5. The minimum atomic E-state index is -4.38. The molecule has 19 heavy (non-hydrogen) atoms. The smallest absolute Gasteiger partial charge is 0.351 e. The van der Waals surface area contributed by atoms with Crippen LogP contribution in [-0.4, -0.2) is 11.9 Å². The normalized spacial score (nSPS) is 13.4. The molecule has 3 nitrogen and oxygen atoms in total. The van der Waals surface area contributed by atoms with Crippen LogP contribution in [0.15, 0.2) is 24.3 Å². The number of hydrogen-bond donors (Lipinski definition) is 2. The fourth-order valence-corrected chi connectivity index (χ4v) is 1.47. The second-order valence-electron chi connectivity index (χ2n) is 4.69. The summed E-state index contributed by atoms with van der Waals surface area (Å²) in [5.41, 5.74) is 5.29. The van der Waals surface area contributed by atoms with Crippen LogP contribution in [0.3, 0.4) is 0 Å². The van der Waals surface area contributed by atoms with Gasteiger partial charge in [-0.25, -0.2) is 0 Å². The third-order valence-corrected chi connectivity index (χ3v) is 2.74. The number of rotatable bonds is 4. The summed E-state index contributed by atoms with van der Waals surface area (Å²) in [6.45, 7) is 3.63. The Morgan fingerprint density at radius 2 is 2.00 bits per heavy atom. The molecule has 0 bridgehead atoms. The van der Waals surface area contributed by atoms with E-state index in [9.17, 15) is 18.0 Å². The minimum absolute atomic E-state index is 0.0264. The van der Waals surface area contributed by atoms with Crippen LogP contribution < -0.4 is 11.1 Å². The van der Waals surface area contributed by atoms with Crippen LogP contribution in [0.4, 0.5) is 13.2 Å². The maximum Gasteiger partial charge on any atom is 0.416 e. The summed E-state index contributed by atoms with van der Waals surface area (Å²) in [6.07, 6.45) is -4.38. The molecule has 0 spiro atoms. The van der Waals surface area contributed by atoms with Crippen LogP contribution >= 0.6 is 0 Å². The van der Waals surface area contributed by atoms with Crippen molar-refractivity contribution in [3.8, 4) is 0 Å². The van der Waals surface area contributed by atoms with Crippen molar-refractivity contribution < 1.29 is 18.0 Å². The van der Waals surface area contributed by atoms with Gasteiger partial charge in [0.2, 0.25) is 5.91 Å². The number of nitrogens with one attached hydrogen (secondary N) is 1. The molecule has 3 N–H and O–H groups in total. The Morgan fingerprint density at radius 3 is 2.53 bits per heavy atom. The lowest BCUT2D eigenvalue weighted by Gasteiger charge is -2.15. The molecule has 0 radical (unpaired) electrons. The lowest BCUT2D eigenvalue weighted by molar-refractivity contribution is -0.137. The van der Waals surface area contributed by atoms with E-state index in [0.717, 1.165) is 12.1 Å². The number of benzene rings is 1. The maximum absolute atomic E-state index is 12.5. The number of hydrogen-bond acceptors (Lipinski definition) is 2. The largest absolute Gasteiger partial charge is 0.416 e. The zero-order valence-corrected chi connectivity index (χ0v) is 10.8. The Bertz CT molecular complexity index is 444. The van der Waals surface area contributed by atoms with Gasteiger partial charge in [0, 0.05) is 6.54 Å². The average molecular weight is 274 g/mol. The molecule has 0 saturated carbocycles. The molecule has 0 aliphatic rings. The van der Waals surface area contributed by atoms with E-state index in [1.54, 1.807) is 13.8 Å². The Hall–Kier alpha value is -1.56. The van der Waals surface area contributed by atoms with E-state index in [2.05, 4.69) is 5.32 Å². The standard InChI is InChI=1S/C13H17F3N2O/c1-8(2)11(17)12(19)18-7-9-4-3-5-10(6-9)13(14,15)16/h3-6,8,11H,7,17H2,1-2H3,(H,18,19). The zero-order chi connectivity index (χ0) is 14.6. The molecule has 0 aromatic heterocycles. The molecule has 1 aromatic carbocycles. The molecule has 106 valence electrons. The molecule has 1 rings (SSSR count). The summed E-state index contributed by atoms with van der Waals surface area (Å²) in [4.78, 5) is 11.6. The molecular weight excluding hydrogens is 257 g/mol. The topological polar surface area (TPSA) is 55.1 Å². The van der Waals surface area contributed by atoms with E-state index in [1.165, 1.54) is 12.1 Å². The molecule has 0 saturated heterocycles. The first-order chi connectivity index (χ1) is 8.71. The van der Waals surface area contributed by atoms with Crippen molar-refractivity contribution in [1.82, 2.24) is 5.32 Å².